The average molecular weight is 382 g/mol. The third-order valence-corrected chi connectivity index (χ3v) is 5.37. The Bertz CT molecular complexity index is 856. The van der Waals surface area contributed by atoms with Crippen LogP contribution in [0.3, 0.4) is 0 Å². The van der Waals surface area contributed by atoms with Gasteiger partial charge in [-0.25, -0.2) is 0 Å². The van der Waals surface area contributed by atoms with Gasteiger partial charge in [-0.1, -0.05) is 53.2 Å². The molecule has 0 amide bonds. The van der Waals surface area contributed by atoms with Gasteiger partial charge in [0.1, 0.15) is 5.69 Å². The summed E-state index contributed by atoms with van der Waals surface area (Å²) < 4.78 is 1.92. The molecule has 0 bridgehead atoms. The minimum Gasteiger partial charge on any atom is -0.369 e. The third kappa shape index (κ3) is 4.49. The number of aromatic nitrogens is 3. The van der Waals surface area contributed by atoms with Gasteiger partial charge in [0, 0.05) is 50.5 Å². The molecule has 0 spiro atoms. The number of hydrogen-bond donors (Lipinski definition) is 0. The first-order valence-corrected chi connectivity index (χ1v) is 9.85. The molecule has 1 aromatic heterocycles. The predicted octanol–water partition coefficient (Wildman–Crippen LogP) is 3.81. The highest BCUT2D eigenvalue weighted by atomic mass is 35.5. The number of aryl methyl sites for hydroxylation is 1. The Hall–Kier alpha value is -2.37. The van der Waals surface area contributed by atoms with E-state index in [1.54, 1.807) is 0 Å². The fourth-order valence-corrected chi connectivity index (χ4v) is 3.76. The molecule has 0 N–H and O–H groups in total. The van der Waals surface area contributed by atoms with E-state index >= 15 is 0 Å². The zero-order chi connectivity index (χ0) is 18.5. The molecule has 27 heavy (non-hydrogen) atoms. The van der Waals surface area contributed by atoms with Crippen molar-refractivity contribution in [1.29, 1.82) is 0 Å². The number of rotatable bonds is 6. The molecule has 6 heteroatoms. The molecule has 0 atom stereocenters. The van der Waals surface area contributed by atoms with Crippen molar-refractivity contribution in [3.8, 4) is 11.3 Å². The normalized spacial score (nSPS) is 15.2. The highest BCUT2D eigenvalue weighted by Crippen LogP contribution is 2.25. The maximum atomic E-state index is 6.24. The van der Waals surface area contributed by atoms with Crippen LogP contribution in [0.2, 0.25) is 5.02 Å². The lowest BCUT2D eigenvalue weighted by Crippen LogP contribution is -2.46. The Kier molecular flexibility index (Phi) is 5.70. The molecule has 1 aliphatic rings. The van der Waals surface area contributed by atoms with Gasteiger partial charge in [-0.15, -0.1) is 5.10 Å². The van der Waals surface area contributed by atoms with Crippen molar-refractivity contribution in [2.24, 2.45) is 0 Å². The summed E-state index contributed by atoms with van der Waals surface area (Å²) >= 11 is 6.24. The van der Waals surface area contributed by atoms with Gasteiger partial charge in [-0.05, 0) is 24.6 Å². The summed E-state index contributed by atoms with van der Waals surface area (Å²) in [5.41, 5.74) is 3.09. The van der Waals surface area contributed by atoms with E-state index < -0.39 is 0 Å². The summed E-state index contributed by atoms with van der Waals surface area (Å²) in [6.07, 6.45) is 3.05. The van der Waals surface area contributed by atoms with E-state index in [1.807, 2.05) is 35.1 Å². The topological polar surface area (TPSA) is 37.2 Å². The zero-order valence-electron chi connectivity index (χ0n) is 15.3. The van der Waals surface area contributed by atoms with Crippen LogP contribution >= 0.6 is 11.6 Å². The second-order valence-electron chi connectivity index (χ2n) is 6.86. The Balaban J connectivity index is 1.24. The largest absolute Gasteiger partial charge is 0.369 e. The minimum atomic E-state index is 0.709. The molecule has 0 unspecified atom stereocenters. The summed E-state index contributed by atoms with van der Waals surface area (Å²) in [5.74, 6) is 0. The molecule has 4 rings (SSSR count). The number of benzene rings is 2. The maximum Gasteiger partial charge on any atom is 0.114 e. The van der Waals surface area contributed by atoms with Gasteiger partial charge in [0.2, 0.25) is 0 Å². The number of hydrogen-bond acceptors (Lipinski definition) is 4. The Labute approximate surface area is 165 Å². The first kappa shape index (κ1) is 18.0. The number of halogens is 1. The molecular weight excluding hydrogens is 358 g/mol. The second-order valence-corrected chi connectivity index (χ2v) is 7.27. The summed E-state index contributed by atoms with van der Waals surface area (Å²) in [7, 11) is 0. The highest BCUT2D eigenvalue weighted by Gasteiger charge is 2.16. The molecule has 140 valence electrons. The Morgan fingerprint density at radius 3 is 2.37 bits per heavy atom. The summed E-state index contributed by atoms with van der Waals surface area (Å²) in [6.45, 7) is 6.35. The van der Waals surface area contributed by atoms with Crippen LogP contribution in [0, 0.1) is 0 Å². The van der Waals surface area contributed by atoms with Crippen molar-refractivity contribution in [3.05, 3.63) is 65.8 Å². The standard InChI is InChI=1S/C21H24ClN5/c22-20-10-5-4-9-19(20)21-17-27(24-23-21)12-6-11-25-13-15-26(16-14-25)18-7-2-1-3-8-18/h1-5,7-10,17H,6,11-16H2. The molecule has 1 aliphatic heterocycles. The van der Waals surface area contributed by atoms with Crippen molar-refractivity contribution < 1.29 is 0 Å². The van der Waals surface area contributed by atoms with Crippen LogP contribution < -0.4 is 4.90 Å². The molecule has 1 fully saturated rings. The van der Waals surface area contributed by atoms with E-state index in [1.165, 1.54) is 5.69 Å². The smallest absolute Gasteiger partial charge is 0.114 e. The zero-order valence-corrected chi connectivity index (χ0v) is 16.1. The highest BCUT2D eigenvalue weighted by molar-refractivity contribution is 6.33. The van der Waals surface area contributed by atoms with Gasteiger partial charge >= 0.3 is 0 Å². The lowest BCUT2D eigenvalue weighted by atomic mass is 10.2. The number of anilines is 1. The fraction of sp³-hybridized carbons (Fsp3) is 0.333. The van der Waals surface area contributed by atoms with E-state index in [4.69, 9.17) is 11.6 Å². The SMILES string of the molecule is Clc1ccccc1-c1cn(CCCN2CCN(c3ccccc3)CC2)nn1. The van der Waals surface area contributed by atoms with Crippen LogP contribution in [0.5, 0.6) is 0 Å². The van der Waals surface area contributed by atoms with Gasteiger partial charge in [0.05, 0.1) is 11.2 Å². The van der Waals surface area contributed by atoms with Gasteiger partial charge in [0.15, 0.2) is 0 Å². The van der Waals surface area contributed by atoms with Crippen molar-refractivity contribution in [1.82, 2.24) is 19.9 Å². The van der Waals surface area contributed by atoms with E-state index in [0.717, 1.165) is 56.9 Å². The van der Waals surface area contributed by atoms with Crippen LogP contribution in [-0.2, 0) is 6.54 Å². The van der Waals surface area contributed by atoms with Gasteiger partial charge in [-0.3, -0.25) is 9.58 Å². The molecule has 0 saturated carbocycles. The van der Waals surface area contributed by atoms with Gasteiger partial charge < -0.3 is 4.90 Å². The lowest BCUT2D eigenvalue weighted by Gasteiger charge is -2.36. The van der Waals surface area contributed by atoms with Crippen molar-refractivity contribution in [2.75, 3.05) is 37.6 Å². The van der Waals surface area contributed by atoms with E-state index in [-0.39, 0.29) is 0 Å². The Morgan fingerprint density at radius 1 is 0.852 bits per heavy atom. The quantitative estimate of drug-likeness (QED) is 0.650. The summed E-state index contributed by atoms with van der Waals surface area (Å²) in [4.78, 5) is 5.00. The molecule has 0 radical (unpaired) electrons. The number of piperazine rings is 1. The van der Waals surface area contributed by atoms with Crippen molar-refractivity contribution >= 4 is 17.3 Å². The molecule has 1 saturated heterocycles. The molecular formula is C21H24ClN5. The molecule has 2 aromatic carbocycles. The van der Waals surface area contributed by atoms with Crippen LogP contribution in [0.15, 0.2) is 60.8 Å². The van der Waals surface area contributed by atoms with Crippen LogP contribution in [-0.4, -0.2) is 52.6 Å². The maximum absolute atomic E-state index is 6.24. The van der Waals surface area contributed by atoms with Crippen molar-refractivity contribution in [2.45, 2.75) is 13.0 Å². The Morgan fingerprint density at radius 2 is 1.59 bits per heavy atom. The molecule has 5 nitrogen and oxygen atoms in total. The predicted molar refractivity (Wildman–Crippen MR) is 110 cm³/mol. The fourth-order valence-electron chi connectivity index (χ4n) is 3.52. The molecule has 2 heterocycles. The van der Waals surface area contributed by atoms with Gasteiger partial charge in [0.25, 0.3) is 0 Å². The van der Waals surface area contributed by atoms with E-state index in [9.17, 15) is 0 Å². The monoisotopic (exact) mass is 381 g/mol. The summed E-state index contributed by atoms with van der Waals surface area (Å²) in [6, 6.07) is 18.4. The average Bonchev–Trinajstić information content (AvgIpc) is 3.18. The lowest BCUT2D eigenvalue weighted by molar-refractivity contribution is 0.249. The number of para-hydroxylation sites is 1. The van der Waals surface area contributed by atoms with Crippen molar-refractivity contribution in [3.63, 3.8) is 0 Å². The third-order valence-electron chi connectivity index (χ3n) is 5.04. The van der Waals surface area contributed by atoms with E-state index in [0.29, 0.717) is 5.02 Å². The second kappa shape index (κ2) is 8.55. The molecule has 3 aromatic rings. The first-order chi connectivity index (χ1) is 13.3. The number of nitrogens with zero attached hydrogens (tertiary/aromatic N) is 5. The van der Waals surface area contributed by atoms with Crippen LogP contribution in [0.1, 0.15) is 6.42 Å². The van der Waals surface area contributed by atoms with Gasteiger partial charge in [-0.2, -0.15) is 0 Å². The minimum absolute atomic E-state index is 0.709. The summed E-state index contributed by atoms with van der Waals surface area (Å²) in [5, 5.41) is 9.22. The van der Waals surface area contributed by atoms with Crippen LogP contribution in [0.25, 0.3) is 11.3 Å². The van der Waals surface area contributed by atoms with Crippen LogP contribution in [0.4, 0.5) is 5.69 Å². The molecule has 0 aliphatic carbocycles. The first-order valence-electron chi connectivity index (χ1n) is 9.47. The van der Waals surface area contributed by atoms with E-state index in [2.05, 4.69) is 50.4 Å².